The molecule has 0 aliphatic carbocycles. The minimum Gasteiger partial charge on any atom is -0.439 e. The zero-order valence-corrected chi connectivity index (χ0v) is 11.4. The monoisotopic (exact) mass is 278 g/mol. The number of likely N-dealkylation sites (tertiary alicyclic amines) is 1. The molecule has 0 radical (unpaired) electrons. The van der Waals surface area contributed by atoms with E-state index in [1.165, 1.54) is 0 Å². The van der Waals surface area contributed by atoms with Crippen LogP contribution in [0.15, 0.2) is 34.9 Å². The Bertz CT molecular complexity index is 569. The number of hydrogen-bond donors (Lipinski definition) is 1. The summed E-state index contributed by atoms with van der Waals surface area (Å²) in [5.74, 6) is 1.40. The topological polar surface area (TPSA) is 49.5 Å². The van der Waals surface area contributed by atoms with Crippen LogP contribution in [0.25, 0.3) is 11.3 Å². The molecule has 0 amide bonds. The van der Waals surface area contributed by atoms with Gasteiger partial charge >= 0.3 is 0 Å². The lowest BCUT2D eigenvalue weighted by Gasteiger charge is -2.43. The number of aromatic nitrogens is 1. The predicted molar refractivity (Wildman–Crippen MR) is 72.8 cm³/mol. The first-order valence-corrected chi connectivity index (χ1v) is 6.55. The van der Waals surface area contributed by atoms with Crippen LogP contribution in [-0.2, 0) is 6.54 Å². The second-order valence-electron chi connectivity index (χ2n) is 5.27. The second kappa shape index (κ2) is 4.63. The van der Waals surface area contributed by atoms with Crippen molar-refractivity contribution in [3.8, 4) is 11.3 Å². The van der Waals surface area contributed by atoms with Crippen LogP contribution in [0.3, 0.4) is 0 Å². The molecule has 19 heavy (non-hydrogen) atoms. The summed E-state index contributed by atoms with van der Waals surface area (Å²) in [7, 11) is 0. The molecule has 100 valence electrons. The fourth-order valence-corrected chi connectivity index (χ4v) is 2.48. The molecule has 3 rings (SSSR count). The minimum atomic E-state index is -0.564. The number of halogens is 1. The number of rotatable bonds is 3. The smallest absolute Gasteiger partial charge is 0.209 e. The fraction of sp³-hybridized carbons (Fsp3) is 0.357. The van der Waals surface area contributed by atoms with E-state index in [9.17, 15) is 5.11 Å². The van der Waals surface area contributed by atoms with E-state index in [4.69, 9.17) is 16.0 Å². The van der Waals surface area contributed by atoms with Gasteiger partial charge < -0.3 is 9.52 Å². The normalized spacial score (nSPS) is 18.3. The van der Waals surface area contributed by atoms with Crippen molar-refractivity contribution < 1.29 is 9.52 Å². The second-order valence-corrected chi connectivity index (χ2v) is 5.70. The molecule has 2 heterocycles. The fourth-order valence-electron chi connectivity index (χ4n) is 2.35. The maximum atomic E-state index is 9.67. The number of aliphatic hydroxyl groups is 1. The zero-order valence-electron chi connectivity index (χ0n) is 10.6. The molecule has 1 aromatic heterocycles. The third kappa shape index (κ3) is 2.81. The Balaban J connectivity index is 1.68. The Morgan fingerprint density at radius 3 is 2.68 bits per heavy atom. The Morgan fingerprint density at radius 2 is 2.05 bits per heavy atom. The van der Waals surface area contributed by atoms with E-state index in [0.717, 1.165) is 11.3 Å². The van der Waals surface area contributed by atoms with E-state index in [1.54, 1.807) is 6.20 Å². The van der Waals surface area contributed by atoms with E-state index in [1.807, 2.05) is 31.2 Å². The zero-order chi connectivity index (χ0) is 13.5. The van der Waals surface area contributed by atoms with Crippen molar-refractivity contribution in [2.75, 3.05) is 13.1 Å². The van der Waals surface area contributed by atoms with Crippen LogP contribution < -0.4 is 0 Å². The van der Waals surface area contributed by atoms with Gasteiger partial charge in [0.05, 0.1) is 18.3 Å². The lowest BCUT2D eigenvalue weighted by atomic mass is 9.97. The first-order valence-electron chi connectivity index (χ1n) is 6.17. The number of nitrogens with zero attached hydrogens (tertiary/aromatic N) is 2. The summed E-state index contributed by atoms with van der Waals surface area (Å²) in [6, 6.07) is 7.46. The first kappa shape index (κ1) is 12.7. The highest BCUT2D eigenvalue weighted by atomic mass is 35.5. The summed E-state index contributed by atoms with van der Waals surface area (Å²) in [5, 5.41) is 10.4. The van der Waals surface area contributed by atoms with Crippen LogP contribution in [0.5, 0.6) is 0 Å². The van der Waals surface area contributed by atoms with Crippen LogP contribution in [0.2, 0.25) is 5.02 Å². The summed E-state index contributed by atoms with van der Waals surface area (Å²) in [6.45, 7) is 3.78. The number of β-amino-alcohol motifs (C(OH)–C–C–N with tert-alkyl or cyclic N) is 1. The highest BCUT2D eigenvalue weighted by Gasteiger charge is 2.36. The van der Waals surface area contributed by atoms with Crippen molar-refractivity contribution in [2.24, 2.45) is 0 Å². The molecule has 1 aliphatic heterocycles. The van der Waals surface area contributed by atoms with Gasteiger partial charge in [0.1, 0.15) is 0 Å². The van der Waals surface area contributed by atoms with Gasteiger partial charge in [-0.05, 0) is 31.2 Å². The molecule has 1 aromatic carbocycles. The van der Waals surface area contributed by atoms with Crippen molar-refractivity contribution in [2.45, 2.75) is 19.1 Å². The number of benzene rings is 1. The molecule has 0 saturated carbocycles. The van der Waals surface area contributed by atoms with Crippen LogP contribution in [0.4, 0.5) is 0 Å². The van der Waals surface area contributed by atoms with Gasteiger partial charge in [0, 0.05) is 23.7 Å². The Morgan fingerprint density at radius 1 is 1.37 bits per heavy atom. The highest BCUT2D eigenvalue weighted by Crippen LogP contribution is 2.25. The third-order valence-electron chi connectivity index (χ3n) is 3.17. The summed E-state index contributed by atoms with van der Waals surface area (Å²) < 4.78 is 5.71. The highest BCUT2D eigenvalue weighted by molar-refractivity contribution is 6.30. The van der Waals surface area contributed by atoms with Gasteiger partial charge in [-0.15, -0.1) is 0 Å². The maximum absolute atomic E-state index is 9.67. The van der Waals surface area contributed by atoms with Crippen molar-refractivity contribution >= 4 is 11.6 Å². The Kier molecular flexibility index (Phi) is 3.09. The van der Waals surface area contributed by atoms with Crippen LogP contribution in [0.1, 0.15) is 12.8 Å². The maximum Gasteiger partial charge on any atom is 0.209 e. The quantitative estimate of drug-likeness (QED) is 0.937. The molecule has 4 nitrogen and oxygen atoms in total. The standard InChI is InChI=1S/C14H15ClN2O2/c1-14(18)8-17(9-14)7-13-16-6-12(19-13)10-2-4-11(15)5-3-10/h2-6,18H,7-9H2,1H3. The molecule has 0 spiro atoms. The predicted octanol–water partition coefficient (Wildman–Crippen LogP) is 2.56. The number of hydrogen-bond acceptors (Lipinski definition) is 4. The average Bonchev–Trinajstić information content (AvgIpc) is 2.76. The van der Waals surface area contributed by atoms with E-state index >= 15 is 0 Å². The molecule has 0 bridgehead atoms. The van der Waals surface area contributed by atoms with E-state index in [0.29, 0.717) is 30.5 Å². The largest absolute Gasteiger partial charge is 0.439 e. The van der Waals surface area contributed by atoms with Gasteiger partial charge in [-0.3, -0.25) is 4.90 Å². The van der Waals surface area contributed by atoms with Gasteiger partial charge in [-0.2, -0.15) is 0 Å². The summed E-state index contributed by atoms with van der Waals surface area (Å²) >= 11 is 5.85. The van der Waals surface area contributed by atoms with Gasteiger partial charge in [-0.25, -0.2) is 4.98 Å². The molecular weight excluding hydrogens is 264 g/mol. The molecule has 1 N–H and O–H groups in total. The van der Waals surface area contributed by atoms with Crippen molar-refractivity contribution in [1.82, 2.24) is 9.88 Å². The summed E-state index contributed by atoms with van der Waals surface area (Å²) in [6.07, 6.45) is 1.72. The molecule has 1 aliphatic rings. The van der Waals surface area contributed by atoms with E-state index in [-0.39, 0.29) is 0 Å². The van der Waals surface area contributed by atoms with E-state index in [2.05, 4.69) is 9.88 Å². The summed E-state index contributed by atoms with van der Waals surface area (Å²) in [4.78, 5) is 6.36. The van der Waals surface area contributed by atoms with Crippen molar-refractivity contribution in [1.29, 1.82) is 0 Å². The van der Waals surface area contributed by atoms with Gasteiger partial charge in [0.2, 0.25) is 5.89 Å². The van der Waals surface area contributed by atoms with Crippen LogP contribution in [0, 0.1) is 0 Å². The first-order chi connectivity index (χ1) is 9.02. The minimum absolute atomic E-state index is 0.564. The van der Waals surface area contributed by atoms with Gasteiger partial charge in [0.25, 0.3) is 0 Å². The lowest BCUT2D eigenvalue weighted by Crippen LogP contribution is -2.59. The summed E-state index contributed by atoms with van der Waals surface area (Å²) in [5.41, 5.74) is 0.393. The van der Waals surface area contributed by atoms with Gasteiger partial charge in [-0.1, -0.05) is 11.6 Å². The van der Waals surface area contributed by atoms with Gasteiger partial charge in [0.15, 0.2) is 5.76 Å². The molecule has 1 saturated heterocycles. The molecule has 5 heteroatoms. The molecule has 0 atom stereocenters. The van der Waals surface area contributed by atoms with Crippen molar-refractivity contribution in [3.63, 3.8) is 0 Å². The molecule has 0 unspecified atom stereocenters. The Hall–Kier alpha value is -1.36. The third-order valence-corrected chi connectivity index (χ3v) is 3.42. The lowest BCUT2D eigenvalue weighted by molar-refractivity contribution is -0.0896. The van der Waals surface area contributed by atoms with Crippen molar-refractivity contribution in [3.05, 3.63) is 41.4 Å². The molecular formula is C14H15ClN2O2. The van der Waals surface area contributed by atoms with Crippen LogP contribution in [-0.4, -0.2) is 33.7 Å². The van der Waals surface area contributed by atoms with E-state index < -0.39 is 5.60 Å². The number of oxazole rings is 1. The SMILES string of the molecule is CC1(O)CN(Cc2ncc(-c3ccc(Cl)cc3)o2)C1. The average molecular weight is 279 g/mol. The Labute approximate surface area is 116 Å². The molecule has 1 fully saturated rings. The molecule has 2 aromatic rings. The van der Waals surface area contributed by atoms with Crippen LogP contribution >= 0.6 is 11.6 Å².